The fourth-order valence-electron chi connectivity index (χ4n) is 2.72. The van der Waals surface area contributed by atoms with Gasteiger partial charge in [0, 0.05) is 10.6 Å². The van der Waals surface area contributed by atoms with E-state index in [1.54, 1.807) is 18.2 Å². The summed E-state index contributed by atoms with van der Waals surface area (Å²) in [5.74, 6) is 0.831. The van der Waals surface area contributed by atoms with E-state index in [2.05, 4.69) is 22.0 Å². The van der Waals surface area contributed by atoms with Crippen LogP contribution in [0.15, 0.2) is 58.1 Å². The van der Waals surface area contributed by atoms with E-state index in [1.807, 2.05) is 24.3 Å². The van der Waals surface area contributed by atoms with Crippen LogP contribution in [0.1, 0.15) is 18.4 Å². The van der Waals surface area contributed by atoms with Crippen LogP contribution in [0.2, 0.25) is 5.02 Å². The number of fused-ring (bicyclic) bond motifs is 1. The largest absolute Gasteiger partial charge is 0.337 e. The monoisotopic (exact) mass is 366 g/mol. The van der Waals surface area contributed by atoms with Gasteiger partial charge in [-0.2, -0.15) is 4.98 Å². The van der Waals surface area contributed by atoms with Gasteiger partial charge >= 0.3 is 0 Å². The molecule has 0 aliphatic carbocycles. The molecule has 2 heterocycles. The number of rotatable bonds is 4. The van der Waals surface area contributed by atoms with Crippen molar-refractivity contribution in [2.24, 2.45) is 0 Å². The van der Waals surface area contributed by atoms with Crippen LogP contribution in [-0.2, 0) is 13.0 Å². The zero-order valence-electron chi connectivity index (χ0n) is 14.0. The molecule has 0 aliphatic rings. The second-order valence-electron chi connectivity index (χ2n) is 5.90. The molecular weight excluding hydrogens is 352 g/mol. The van der Waals surface area contributed by atoms with Crippen LogP contribution >= 0.6 is 11.6 Å². The smallest absolute Gasteiger partial charge is 0.261 e. The molecule has 0 atom stereocenters. The van der Waals surface area contributed by atoms with Gasteiger partial charge in [-0.1, -0.05) is 47.9 Å². The van der Waals surface area contributed by atoms with Gasteiger partial charge in [0.05, 0.1) is 17.2 Å². The Bertz CT molecular complexity index is 1130. The summed E-state index contributed by atoms with van der Waals surface area (Å²) in [6, 6.07) is 13.0. The first kappa shape index (κ1) is 16.5. The summed E-state index contributed by atoms with van der Waals surface area (Å²) in [4.78, 5) is 21.3. The number of hydrogen-bond donors (Lipinski definition) is 0. The Morgan fingerprint density at radius 2 is 1.96 bits per heavy atom. The standard InChI is InChI=1S/C19H15ClN4O2/c1-2-12-3-5-13(6-4-12)18-22-17(26-23-18)10-24-11-21-16-8-7-14(20)9-15(16)19(24)25/h3-9,11H,2,10H2,1H3. The Morgan fingerprint density at radius 3 is 2.73 bits per heavy atom. The molecule has 0 bridgehead atoms. The number of aromatic nitrogens is 4. The zero-order chi connectivity index (χ0) is 18.1. The fraction of sp³-hybridized carbons (Fsp3) is 0.158. The summed E-state index contributed by atoms with van der Waals surface area (Å²) in [6.45, 7) is 2.25. The van der Waals surface area contributed by atoms with Gasteiger partial charge in [0.2, 0.25) is 11.7 Å². The average molecular weight is 367 g/mol. The van der Waals surface area contributed by atoms with Crippen LogP contribution in [0.25, 0.3) is 22.3 Å². The van der Waals surface area contributed by atoms with Gasteiger partial charge < -0.3 is 4.52 Å². The van der Waals surface area contributed by atoms with Gasteiger partial charge in [-0.3, -0.25) is 9.36 Å². The second kappa shape index (κ2) is 6.72. The molecule has 4 rings (SSSR count). The predicted octanol–water partition coefficient (Wildman–Crippen LogP) is 3.71. The lowest BCUT2D eigenvalue weighted by atomic mass is 10.1. The summed E-state index contributed by atoms with van der Waals surface area (Å²) in [5.41, 5.74) is 2.50. The predicted molar refractivity (Wildman–Crippen MR) is 99.2 cm³/mol. The molecular formula is C19H15ClN4O2. The first-order chi connectivity index (χ1) is 12.6. The molecule has 26 heavy (non-hydrogen) atoms. The van der Waals surface area contributed by atoms with Gasteiger partial charge in [-0.25, -0.2) is 4.98 Å². The summed E-state index contributed by atoms with van der Waals surface area (Å²) in [7, 11) is 0. The van der Waals surface area contributed by atoms with E-state index in [9.17, 15) is 4.79 Å². The summed E-state index contributed by atoms with van der Waals surface area (Å²) < 4.78 is 6.72. The van der Waals surface area contributed by atoms with Crippen molar-refractivity contribution in [3.63, 3.8) is 0 Å². The van der Waals surface area contributed by atoms with Crippen molar-refractivity contribution in [2.45, 2.75) is 19.9 Å². The lowest BCUT2D eigenvalue weighted by molar-refractivity contribution is 0.369. The van der Waals surface area contributed by atoms with Crippen molar-refractivity contribution < 1.29 is 4.52 Å². The van der Waals surface area contributed by atoms with Crippen LogP contribution in [0.4, 0.5) is 0 Å². The van der Waals surface area contributed by atoms with Crippen LogP contribution < -0.4 is 5.56 Å². The second-order valence-corrected chi connectivity index (χ2v) is 6.34. The quantitative estimate of drug-likeness (QED) is 0.550. The molecule has 0 saturated heterocycles. The molecule has 0 fully saturated rings. The molecule has 0 aliphatic heterocycles. The van der Waals surface area contributed by atoms with E-state index in [-0.39, 0.29) is 12.1 Å². The molecule has 0 N–H and O–H groups in total. The first-order valence-electron chi connectivity index (χ1n) is 8.20. The maximum absolute atomic E-state index is 12.6. The maximum Gasteiger partial charge on any atom is 0.261 e. The Balaban J connectivity index is 1.64. The summed E-state index contributed by atoms with van der Waals surface area (Å²) in [5, 5.41) is 4.95. The van der Waals surface area contributed by atoms with E-state index in [4.69, 9.17) is 16.1 Å². The van der Waals surface area contributed by atoms with E-state index < -0.39 is 0 Å². The van der Waals surface area contributed by atoms with E-state index in [1.165, 1.54) is 16.5 Å². The van der Waals surface area contributed by atoms with Gasteiger partial charge in [-0.15, -0.1) is 0 Å². The van der Waals surface area contributed by atoms with Crippen molar-refractivity contribution in [3.8, 4) is 11.4 Å². The molecule has 4 aromatic rings. The highest BCUT2D eigenvalue weighted by Gasteiger charge is 2.11. The Hall–Kier alpha value is -2.99. The number of nitrogens with zero attached hydrogens (tertiary/aromatic N) is 4. The van der Waals surface area contributed by atoms with E-state index >= 15 is 0 Å². The highest BCUT2D eigenvalue weighted by atomic mass is 35.5. The molecule has 130 valence electrons. The summed E-state index contributed by atoms with van der Waals surface area (Å²) in [6.07, 6.45) is 2.44. The fourth-order valence-corrected chi connectivity index (χ4v) is 2.89. The molecule has 6 nitrogen and oxygen atoms in total. The molecule has 0 amide bonds. The van der Waals surface area contributed by atoms with Crippen LogP contribution in [0.3, 0.4) is 0 Å². The molecule has 0 unspecified atom stereocenters. The minimum Gasteiger partial charge on any atom is -0.337 e. The SMILES string of the molecule is CCc1ccc(-c2noc(Cn3cnc4ccc(Cl)cc4c3=O)n2)cc1. The minimum absolute atomic E-state index is 0.147. The molecule has 7 heteroatoms. The van der Waals surface area contributed by atoms with Gasteiger partial charge in [-0.05, 0) is 30.2 Å². The number of aryl methyl sites for hydroxylation is 1. The van der Waals surface area contributed by atoms with Gasteiger partial charge in [0.25, 0.3) is 5.56 Å². The highest BCUT2D eigenvalue weighted by molar-refractivity contribution is 6.31. The van der Waals surface area contributed by atoms with Crippen molar-refractivity contribution in [1.29, 1.82) is 0 Å². The molecule has 0 saturated carbocycles. The third-order valence-corrected chi connectivity index (χ3v) is 4.42. The average Bonchev–Trinajstić information content (AvgIpc) is 3.13. The lowest BCUT2D eigenvalue weighted by Gasteiger charge is -2.03. The van der Waals surface area contributed by atoms with Crippen LogP contribution in [-0.4, -0.2) is 19.7 Å². The third kappa shape index (κ3) is 3.11. The number of benzene rings is 2. The van der Waals surface area contributed by atoms with Crippen LogP contribution in [0.5, 0.6) is 0 Å². The zero-order valence-corrected chi connectivity index (χ0v) is 14.8. The Morgan fingerprint density at radius 1 is 1.15 bits per heavy atom. The normalized spacial score (nSPS) is 11.2. The number of halogens is 1. The topological polar surface area (TPSA) is 73.8 Å². The third-order valence-electron chi connectivity index (χ3n) is 4.18. The minimum atomic E-state index is -0.204. The van der Waals surface area contributed by atoms with Crippen molar-refractivity contribution >= 4 is 22.5 Å². The Kier molecular flexibility index (Phi) is 4.26. The first-order valence-corrected chi connectivity index (χ1v) is 8.58. The van der Waals surface area contributed by atoms with Gasteiger partial charge in [0.15, 0.2) is 0 Å². The van der Waals surface area contributed by atoms with Crippen molar-refractivity contribution in [2.75, 3.05) is 0 Å². The molecule has 2 aromatic heterocycles. The van der Waals surface area contributed by atoms with E-state index in [0.717, 1.165) is 12.0 Å². The van der Waals surface area contributed by atoms with Crippen molar-refractivity contribution in [1.82, 2.24) is 19.7 Å². The maximum atomic E-state index is 12.6. The van der Waals surface area contributed by atoms with Gasteiger partial charge in [0.1, 0.15) is 6.54 Å². The van der Waals surface area contributed by atoms with Crippen LogP contribution in [0, 0.1) is 0 Å². The lowest BCUT2D eigenvalue weighted by Crippen LogP contribution is -2.21. The molecule has 0 radical (unpaired) electrons. The summed E-state index contributed by atoms with van der Waals surface area (Å²) >= 11 is 5.98. The van der Waals surface area contributed by atoms with E-state index in [0.29, 0.717) is 27.6 Å². The molecule has 0 spiro atoms. The number of hydrogen-bond acceptors (Lipinski definition) is 5. The molecule has 2 aromatic carbocycles. The van der Waals surface area contributed by atoms with Crippen molar-refractivity contribution in [3.05, 3.63) is 75.6 Å². The Labute approximate surface area is 154 Å². The highest BCUT2D eigenvalue weighted by Crippen LogP contribution is 2.18.